The van der Waals surface area contributed by atoms with Crippen LogP contribution < -0.4 is 11.1 Å². The monoisotopic (exact) mass is 533 g/mol. The van der Waals surface area contributed by atoms with Crippen LogP contribution in [0.2, 0.25) is 0 Å². The van der Waals surface area contributed by atoms with Gasteiger partial charge in [-0.3, -0.25) is 14.0 Å². The zero-order valence-corrected chi connectivity index (χ0v) is 20.4. The summed E-state index contributed by atoms with van der Waals surface area (Å²) in [6.07, 6.45) is 2.75. The van der Waals surface area contributed by atoms with Crippen molar-refractivity contribution in [3.63, 3.8) is 0 Å². The molecule has 2 atom stereocenters. The maximum absolute atomic E-state index is 13.0. The van der Waals surface area contributed by atoms with Crippen molar-refractivity contribution in [2.24, 2.45) is 5.92 Å². The molecule has 4 heterocycles. The van der Waals surface area contributed by atoms with Crippen LogP contribution in [0.3, 0.4) is 0 Å². The molecule has 1 aromatic carbocycles. The summed E-state index contributed by atoms with van der Waals surface area (Å²) in [5.41, 5.74) is 6.80. The Labute approximate surface area is 220 Å². The van der Waals surface area contributed by atoms with Gasteiger partial charge in [0.25, 0.3) is 5.91 Å². The van der Waals surface area contributed by atoms with Gasteiger partial charge in [-0.15, -0.1) is 0 Å². The third-order valence-electron chi connectivity index (χ3n) is 7.42. The van der Waals surface area contributed by atoms with Gasteiger partial charge in [-0.1, -0.05) is 18.7 Å². The minimum atomic E-state index is -4.55. The van der Waals surface area contributed by atoms with E-state index in [2.05, 4.69) is 21.9 Å². The number of nitrogens with one attached hydrogen (secondary N) is 1. The molecule has 9 nitrogen and oxygen atoms in total. The Bertz CT molecular complexity index is 1650. The Balaban J connectivity index is 1.33. The third kappa shape index (κ3) is 3.90. The number of aromatic nitrogens is 4. The van der Waals surface area contributed by atoms with Crippen LogP contribution in [0.25, 0.3) is 16.8 Å². The zero-order chi connectivity index (χ0) is 27.5. The number of alkyl halides is 3. The van der Waals surface area contributed by atoms with E-state index in [-0.39, 0.29) is 29.0 Å². The maximum Gasteiger partial charge on any atom is 0.416 e. The van der Waals surface area contributed by atoms with E-state index in [0.29, 0.717) is 29.1 Å². The summed E-state index contributed by atoms with van der Waals surface area (Å²) in [4.78, 5) is 40.2. The normalized spacial score (nSPS) is 20.1. The van der Waals surface area contributed by atoms with Crippen LogP contribution >= 0.6 is 0 Å². The smallest absolute Gasteiger partial charge is 0.382 e. The van der Waals surface area contributed by atoms with Crippen LogP contribution in [-0.2, 0) is 16.5 Å². The van der Waals surface area contributed by atoms with Crippen molar-refractivity contribution in [1.29, 1.82) is 0 Å². The fourth-order valence-electron chi connectivity index (χ4n) is 5.50. The van der Waals surface area contributed by atoms with Gasteiger partial charge in [-0.05, 0) is 49.1 Å². The molecule has 12 heteroatoms. The van der Waals surface area contributed by atoms with Crippen LogP contribution in [0.15, 0.2) is 67.6 Å². The summed E-state index contributed by atoms with van der Waals surface area (Å²) in [6.45, 7) is 4.26. The van der Waals surface area contributed by atoms with E-state index < -0.39 is 23.2 Å². The number of fused-ring (bicyclic) bond motifs is 2. The molecule has 2 fully saturated rings. The number of hydrogen-bond donors (Lipinski definition) is 2. The molecule has 1 saturated carbocycles. The molecule has 0 spiro atoms. The number of anilines is 2. The summed E-state index contributed by atoms with van der Waals surface area (Å²) >= 11 is 0. The quantitative estimate of drug-likeness (QED) is 0.370. The Morgan fingerprint density at radius 3 is 2.62 bits per heavy atom. The molecule has 1 saturated heterocycles. The summed E-state index contributed by atoms with van der Waals surface area (Å²) in [5.74, 6) is 0.254. The van der Waals surface area contributed by atoms with E-state index in [0.717, 1.165) is 31.2 Å². The molecule has 6 rings (SSSR count). The number of carbonyl (C=O) groups is 2. The molecular formula is C27H22F3N7O2. The van der Waals surface area contributed by atoms with E-state index in [4.69, 9.17) is 10.7 Å². The summed E-state index contributed by atoms with van der Waals surface area (Å²) in [7, 11) is 0. The number of halogens is 3. The Hall–Kier alpha value is -4.74. The van der Waals surface area contributed by atoms with Gasteiger partial charge in [0.15, 0.2) is 0 Å². The second-order valence-electron chi connectivity index (χ2n) is 9.58. The number of benzene rings is 1. The largest absolute Gasteiger partial charge is 0.416 e. The minimum Gasteiger partial charge on any atom is -0.382 e. The molecule has 2 unspecified atom stereocenters. The molecule has 198 valence electrons. The average Bonchev–Trinajstić information content (AvgIpc) is 3.31. The first-order valence-corrected chi connectivity index (χ1v) is 12.2. The fraction of sp³-hybridized carbons (Fsp3) is 0.222. The van der Waals surface area contributed by atoms with E-state index in [9.17, 15) is 22.8 Å². The molecule has 1 aliphatic heterocycles. The number of amides is 2. The molecular weight excluding hydrogens is 511 g/mol. The van der Waals surface area contributed by atoms with Crippen molar-refractivity contribution < 1.29 is 22.8 Å². The molecule has 2 amide bonds. The van der Waals surface area contributed by atoms with Crippen molar-refractivity contribution in [3.8, 4) is 11.3 Å². The second-order valence-corrected chi connectivity index (χ2v) is 9.58. The number of rotatable bonds is 5. The molecule has 0 radical (unpaired) electrons. The number of carbonyl (C=O) groups excluding carboxylic acids is 2. The molecule has 0 bridgehead atoms. The highest BCUT2D eigenvalue weighted by atomic mass is 19.4. The lowest BCUT2D eigenvalue weighted by molar-refractivity contribution is -0.137. The Kier molecular flexibility index (Phi) is 5.45. The van der Waals surface area contributed by atoms with Gasteiger partial charge in [-0.2, -0.15) is 13.2 Å². The van der Waals surface area contributed by atoms with Crippen molar-refractivity contribution >= 4 is 29.0 Å². The van der Waals surface area contributed by atoms with Crippen LogP contribution in [0, 0.1) is 5.92 Å². The molecule has 39 heavy (non-hydrogen) atoms. The maximum atomic E-state index is 13.0. The van der Waals surface area contributed by atoms with Crippen LogP contribution in [0.4, 0.5) is 24.8 Å². The molecule has 4 aromatic rings. The third-order valence-corrected chi connectivity index (χ3v) is 7.42. The van der Waals surface area contributed by atoms with Crippen LogP contribution in [0.1, 0.15) is 34.6 Å². The van der Waals surface area contributed by atoms with Gasteiger partial charge in [0.1, 0.15) is 34.2 Å². The lowest BCUT2D eigenvalue weighted by Gasteiger charge is -2.26. The van der Waals surface area contributed by atoms with Crippen molar-refractivity contribution in [1.82, 2.24) is 24.3 Å². The van der Waals surface area contributed by atoms with Crippen molar-refractivity contribution in [2.45, 2.75) is 24.6 Å². The van der Waals surface area contributed by atoms with Gasteiger partial charge in [0, 0.05) is 36.3 Å². The number of piperidine rings is 1. The van der Waals surface area contributed by atoms with E-state index >= 15 is 0 Å². The second kappa shape index (κ2) is 8.65. The number of imidazole rings is 1. The van der Waals surface area contributed by atoms with Gasteiger partial charge in [0.05, 0.1) is 5.56 Å². The SMILES string of the molecule is C=CC(=O)N1CCC2CC21c1nc(-c2ccc(C(=O)Nc3cc(C(F)(F)F)ccn3)cc2)c2c(N)nccn12. The number of nitrogens with two attached hydrogens (primary N) is 1. The number of hydrogen-bond acceptors (Lipinski definition) is 6. The standard InChI is InChI=1S/C27H22F3N7O2/c1-2-20(38)37-11-8-18-14-26(18,37)25-35-21(22-23(31)33-10-12-36(22)25)15-3-5-16(6-4-15)24(39)34-19-13-17(7-9-32-19)27(28,29)30/h2-7,9-10,12-13,18H,1,8,11,14H2,(H2,31,33)(H,32,34,39). The highest BCUT2D eigenvalue weighted by Gasteiger charge is 2.66. The molecule has 2 aliphatic rings. The summed E-state index contributed by atoms with van der Waals surface area (Å²) in [5, 5.41) is 2.40. The van der Waals surface area contributed by atoms with E-state index in [1.807, 2.05) is 9.30 Å². The fourth-order valence-corrected chi connectivity index (χ4v) is 5.50. The lowest BCUT2D eigenvalue weighted by Crippen LogP contribution is -2.38. The predicted molar refractivity (Wildman–Crippen MR) is 136 cm³/mol. The topological polar surface area (TPSA) is 119 Å². The number of likely N-dealkylation sites (tertiary alicyclic amines) is 1. The van der Waals surface area contributed by atoms with Gasteiger partial charge in [-0.25, -0.2) is 15.0 Å². The average molecular weight is 534 g/mol. The molecule has 3 aromatic heterocycles. The van der Waals surface area contributed by atoms with E-state index in [1.165, 1.54) is 18.2 Å². The number of nitrogens with zero attached hydrogens (tertiary/aromatic N) is 5. The Morgan fingerprint density at radius 2 is 1.92 bits per heavy atom. The first kappa shape index (κ1) is 24.6. The van der Waals surface area contributed by atoms with Gasteiger partial charge >= 0.3 is 6.18 Å². The number of pyridine rings is 1. The van der Waals surface area contributed by atoms with Crippen LogP contribution in [0.5, 0.6) is 0 Å². The van der Waals surface area contributed by atoms with Crippen LogP contribution in [-0.4, -0.2) is 42.6 Å². The van der Waals surface area contributed by atoms with Crippen molar-refractivity contribution in [3.05, 3.63) is 84.6 Å². The first-order valence-electron chi connectivity index (χ1n) is 12.2. The van der Waals surface area contributed by atoms with Gasteiger partial charge < -0.3 is 16.0 Å². The lowest BCUT2D eigenvalue weighted by atomic mass is 10.1. The predicted octanol–water partition coefficient (Wildman–Crippen LogP) is 4.28. The van der Waals surface area contributed by atoms with Crippen molar-refractivity contribution in [2.75, 3.05) is 17.6 Å². The highest BCUT2D eigenvalue weighted by molar-refractivity contribution is 6.04. The van der Waals surface area contributed by atoms with E-state index in [1.54, 1.807) is 24.5 Å². The molecule has 1 aliphatic carbocycles. The summed E-state index contributed by atoms with van der Waals surface area (Å²) in [6, 6.07) is 8.03. The first-order chi connectivity index (χ1) is 18.6. The zero-order valence-electron chi connectivity index (χ0n) is 20.4. The number of nitrogen functional groups attached to an aromatic ring is 1. The minimum absolute atomic E-state index is 0.152. The van der Waals surface area contributed by atoms with Gasteiger partial charge in [0.2, 0.25) is 5.91 Å². The molecule has 3 N–H and O–H groups in total. The Morgan fingerprint density at radius 1 is 1.15 bits per heavy atom. The summed E-state index contributed by atoms with van der Waals surface area (Å²) < 4.78 is 40.8. The highest BCUT2D eigenvalue weighted by Crippen LogP contribution is 2.62.